The van der Waals surface area contributed by atoms with Crippen LogP contribution in [-0.4, -0.2) is 15.0 Å². The zero-order valence-electron chi connectivity index (χ0n) is 26.1. The Morgan fingerprint density at radius 2 is 0.938 bits per heavy atom. The van der Waals surface area contributed by atoms with Gasteiger partial charge in [0, 0.05) is 33.5 Å². The van der Waals surface area contributed by atoms with Gasteiger partial charge in [-0.05, 0) is 50.9 Å². The Labute approximate surface area is 278 Å². The van der Waals surface area contributed by atoms with E-state index in [4.69, 9.17) is 9.97 Å². The van der Waals surface area contributed by atoms with Crippen molar-refractivity contribution in [3.8, 4) is 56.0 Å². The maximum atomic E-state index is 5.12. The van der Waals surface area contributed by atoms with Gasteiger partial charge in [0.2, 0.25) is 0 Å². The Bertz CT molecular complexity index is 2570. The normalized spacial score (nSPS) is 11.3. The number of hydrogen-bond donors (Lipinski definition) is 0. The summed E-state index contributed by atoms with van der Waals surface area (Å²) in [6, 6.07) is 59.7. The zero-order valence-corrected chi connectivity index (χ0v) is 26.1. The zero-order chi connectivity index (χ0) is 31.9. The van der Waals surface area contributed by atoms with Crippen molar-refractivity contribution in [3.63, 3.8) is 0 Å². The smallest absolute Gasteiger partial charge is 0.160 e. The Kier molecular flexibility index (Phi) is 6.80. The van der Waals surface area contributed by atoms with Crippen LogP contribution in [0.2, 0.25) is 0 Å². The van der Waals surface area contributed by atoms with Crippen LogP contribution in [-0.2, 0) is 0 Å². The molecule has 0 saturated carbocycles. The van der Waals surface area contributed by atoms with Gasteiger partial charge in [0.05, 0.1) is 16.7 Å². The van der Waals surface area contributed by atoms with Crippen molar-refractivity contribution in [2.45, 2.75) is 0 Å². The second-order valence-corrected chi connectivity index (χ2v) is 12.1. The molecular weight excluding hydrogens is 583 g/mol. The Morgan fingerprint density at radius 1 is 0.333 bits per heavy atom. The summed E-state index contributed by atoms with van der Waals surface area (Å²) in [5.41, 5.74) is 12.1. The molecule has 0 atom stereocenters. The van der Waals surface area contributed by atoms with Crippen LogP contribution in [0.3, 0.4) is 0 Å². The first-order valence-electron chi connectivity index (χ1n) is 16.2. The molecule has 0 aliphatic rings. The van der Waals surface area contributed by atoms with Gasteiger partial charge in [0.1, 0.15) is 0 Å². The lowest BCUT2D eigenvalue weighted by Crippen LogP contribution is -1.95. The van der Waals surface area contributed by atoms with Gasteiger partial charge >= 0.3 is 0 Å². The summed E-state index contributed by atoms with van der Waals surface area (Å²) in [4.78, 5) is 14.8. The second-order valence-electron chi connectivity index (χ2n) is 12.1. The fourth-order valence-electron chi connectivity index (χ4n) is 6.68. The van der Waals surface area contributed by atoms with Crippen LogP contribution >= 0.6 is 0 Å². The molecular formula is C45H29N3. The monoisotopic (exact) mass is 611 g/mol. The van der Waals surface area contributed by atoms with E-state index in [1.807, 2.05) is 30.5 Å². The molecule has 7 aromatic carbocycles. The van der Waals surface area contributed by atoms with Crippen molar-refractivity contribution in [1.29, 1.82) is 0 Å². The third kappa shape index (κ3) is 4.99. The standard InChI is InChI=1S/C45H29N3/c1-2-8-30(9-3-1)31-17-23-36(24-18-31)44-41-11-4-5-14-42(41)47-45(48-44)37-25-19-33(20-26-37)32-15-21-34(22-16-32)38-12-6-13-40-39(38)28-27-35-10-7-29-46-43(35)40/h1-29H. The number of fused-ring (bicyclic) bond motifs is 4. The van der Waals surface area contributed by atoms with Gasteiger partial charge in [-0.2, -0.15) is 0 Å². The summed E-state index contributed by atoms with van der Waals surface area (Å²) in [6.45, 7) is 0. The molecule has 0 fully saturated rings. The molecule has 0 bridgehead atoms. The van der Waals surface area contributed by atoms with Crippen LogP contribution < -0.4 is 0 Å². The molecule has 0 unspecified atom stereocenters. The second kappa shape index (κ2) is 11.7. The average molecular weight is 612 g/mol. The number of rotatable bonds is 5. The molecule has 0 aliphatic carbocycles. The van der Waals surface area contributed by atoms with Crippen molar-refractivity contribution in [1.82, 2.24) is 15.0 Å². The summed E-state index contributed by atoms with van der Waals surface area (Å²) >= 11 is 0. The molecule has 2 heterocycles. The third-order valence-corrected chi connectivity index (χ3v) is 9.17. The SMILES string of the molecule is c1ccc(-c2ccc(-c3nc(-c4ccc(-c5ccc(-c6cccc7c6ccc6cccnc67)cc5)cc4)nc4ccccc34)cc2)cc1. The summed E-state index contributed by atoms with van der Waals surface area (Å²) in [5, 5.41) is 4.58. The van der Waals surface area contributed by atoms with E-state index in [2.05, 4.69) is 151 Å². The predicted octanol–water partition coefficient (Wildman–Crippen LogP) is 11.7. The Balaban J connectivity index is 1.03. The van der Waals surface area contributed by atoms with E-state index < -0.39 is 0 Å². The minimum Gasteiger partial charge on any atom is -0.256 e. The maximum Gasteiger partial charge on any atom is 0.160 e. The van der Waals surface area contributed by atoms with E-state index >= 15 is 0 Å². The molecule has 48 heavy (non-hydrogen) atoms. The molecule has 0 aliphatic heterocycles. The van der Waals surface area contributed by atoms with Gasteiger partial charge < -0.3 is 0 Å². The highest BCUT2D eigenvalue weighted by molar-refractivity contribution is 6.10. The first-order valence-corrected chi connectivity index (χ1v) is 16.2. The molecule has 0 saturated heterocycles. The van der Waals surface area contributed by atoms with E-state index in [0.717, 1.165) is 55.6 Å². The first kappa shape index (κ1) is 27.8. The van der Waals surface area contributed by atoms with Crippen molar-refractivity contribution in [2.24, 2.45) is 0 Å². The van der Waals surface area contributed by atoms with Gasteiger partial charge in [0.25, 0.3) is 0 Å². The molecule has 0 spiro atoms. The molecule has 2 aromatic heterocycles. The van der Waals surface area contributed by atoms with Crippen LogP contribution in [0.4, 0.5) is 0 Å². The van der Waals surface area contributed by atoms with Crippen LogP contribution in [0, 0.1) is 0 Å². The van der Waals surface area contributed by atoms with E-state index in [1.54, 1.807) is 0 Å². The molecule has 224 valence electrons. The Morgan fingerprint density at radius 3 is 1.69 bits per heavy atom. The van der Waals surface area contributed by atoms with Gasteiger partial charge in [0.15, 0.2) is 5.82 Å². The maximum absolute atomic E-state index is 5.12. The highest BCUT2D eigenvalue weighted by atomic mass is 14.9. The van der Waals surface area contributed by atoms with Crippen molar-refractivity contribution in [2.75, 3.05) is 0 Å². The van der Waals surface area contributed by atoms with Crippen molar-refractivity contribution < 1.29 is 0 Å². The predicted molar refractivity (Wildman–Crippen MR) is 200 cm³/mol. The molecule has 9 rings (SSSR count). The minimum atomic E-state index is 0.718. The van der Waals surface area contributed by atoms with Crippen molar-refractivity contribution in [3.05, 3.63) is 176 Å². The first-order chi connectivity index (χ1) is 23.8. The number of benzene rings is 7. The van der Waals surface area contributed by atoms with Crippen LogP contribution in [0.25, 0.3) is 88.6 Å². The van der Waals surface area contributed by atoms with Crippen LogP contribution in [0.15, 0.2) is 176 Å². The summed E-state index contributed by atoms with van der Waals surface area (Å²) in [7, 11) is 0. The average Bonchev–Trinajstić information content (AvgIpc) is 3.18. The fourth-order valence-corrected chi connectivity index (χ4v) is 6.68. The van der Waals surface area contributed by atoms with Crippen molar-refractivity contribution >= 4 is 32.6 Å². The number of hydrogen-bond acceptors (Lipinski definition) is 3. The van der Waals surface area contributed by atoms with E-state index in [0.29, 0.717) is 0 Å². The van der Waals surface area contributed by atoms with Crippen LogP contribution in [0.1, 0.15) is 0 Å². The van der Waals surface area contributed by atoms with E-state index in [1.165, 1.54) is 33.0 Å². The molecule has 3 heteroatoms. The third-order valence-electron chi connectivity index (χ3n) is 9.17. The van der Waals surface area contributed by atoms with Gasteiger partial charge in [-0.3, -0.25) is 4.98 Å². The highest BCUT2D eigenvalue weighted by Gasteiger charge is 2.13. The summed E-state index contributed by atoms with van der Waals surface area (Å²) in [5.74, 6) is 0.718. The fraction of sp³-hybridized carbons (Fsp3) is 0. The number of para-hydroxylation sites is 1. The molecule has 3 nitrogen and oxygen atoms in total. The molecule has 0 N–H and O–H groups in total. The number of aromatic nitrogens is 3. The number of pyridine rings is 1. The largest absolute Gasteiger partial charge is 0.256 e. The summed E-state index contributed by atoms with van der Waals surface area (Å²) in [6.07, 6.45) is 1.87. The van der Waals surface area contributed by atoms with Gasteiger partial charge in [-0.25, -0.2) is 9.97 Å². The minimum absolute atomic E-state index is 0.718. The van der Waals surface area contributed by atoms with Gasteiger partial charge in [-0.15, -0.1) is 0 Å². The lowest BCUT2D eigenvalue weighted by molar-refractivity contribution is 1.23. The highest BCUT2D eigenvalue weighted by Crippen LogP contribution is 2.35. The quantitative estimate of drug-likeness (QED) is 0.182. The molecule has 0 radical (unpaired) electrons. The topological polar surface area (TPSA) is 38.7 Å². The van der Waals surface area contributed by atoms with E-state index in [-0.39, 0.29) is 0 Å². The van der Waals surface area contributed by atoms with Crippen LogP contribution in [0.5, 0.6) is 0 Å². The van der Waals surface area contributed by atoms with Gasteiger partial charge in [-0.1, -0.05) is 158 Å². The lowest BCUT2D eigenvalue weighted by atomic mass is 9.95. The molecule has 9 aromatic rings. The van der Waals surface area contributed by atoms with E-state index in [9.17, 15) is 0 Å². The summed E-state index contributed by atoms with van der Waals surface area (Å²) < 4.78 is 0. The molecule has 0 amide bonds. The number of nitrogens with zero attached hydrogens (tertiary/aromatic N) is 3. The Hall–Kier alpha value is -6.45. The lowest BCUT2D eigenvalue weighted by Gasteiger charge is -2.11.